The van der Waals surface area contributed by atoms with Gasteiger partial charge in [-0.2, -0.15) is 0 Å². The minimum absolute atomic E-state index is 0.0162. The van der Waals surface area contributed by atoms with E-state index in [1.807, 2.05) is 0 Å². The van der Waals surface area contributed by atoms with Gasteiger partial charge in [0.1, 0.15) is 0 Å². The van der Waals surface area contributed by atoms with Crippen LogP contribution >= 0.6 is 47.8 Å². The van der Waals surface area contributed by atoms with Gasteiger partial charge in [0.2, 0.25) is 10.6 Å². The van der Waals surface area contributed by atoms with Gasteiger partial charge in [-0.3, -0.25) is 24.0 Å². The number of ether oxygens (including phenoxy) is 4. The quantitative estimate of drug-likeness (QED) is 0.0848. The van der Waals surface area contributed by atoms with Gasteiger partial charge in [0, 0.05) is 39.3 Å². The summed E-state index contributed by atoms with van der Waals surface area (Å²) in [6, 6.07) is 0. The van der Waals surface area contributed by atoms with Crippen molar-refractivity contribution < 1.29 is 58.2 Å². The first-order chi connectivity index (χ1) is 45.1. The summed E-state index contributed by atoms with van der Waals surface area (Å²) >= 11 is 8.72. The summed E-state index contributed by atoms with van der Waals surface area (Å²) in [7, 11) is 0. The van der Waals surface area contributed by atoms with Crippen LogP contribution in [0, 0.1) is 113 Å². The molecular weight excluding hydrogens is 1410 g/mol. The number of nitrogens with one attached hydrogen (secondary N) is 1. The molecule has 3 heterocycles. The molecule has 18 heteroatoms. The van der Waals surface area contributed by atoms with Gasteiger partial charge in [-0.25, -0.2) is 0 Å². The fraction of sp³-hybridized carbons (Fsp3) is 0.885. The molecule has 546 valence electrons. The summed E-state index contributed by atoms with van der Waals surface area (Å²) in [6.07, 6.45) is 23.2. The van der Waals surface area contributed by atoms with E-state index in [4.69, 9.17) is 18.9 Å². The van der Waals surface area contributed by atoms with Crippen molar-refractivity contribution in [1.82, 2.24) is 15.1 Å². The zero-order valence-corrected chi connectivity index (χ0v) is 66.2. The first-order valence-electron chi connectivity index (χ1n) is 37.6. The van der Waals surface area contributed by atoms with E-state index in [-0.39, 0.29) is 96.4 Å². The number of aliphatic hydroxyl groups is 2. The molecule has 3 aliphatic heterocycles. The summed E-state index contributed by atoms with van der Waals surface area (Å²) in [5.74, 6) is 3.95. The third-order valence-electron chi connectivity index (χ3n) is 30.9. The highest BCUT2D eigenvalue weighted by Gasteiger charge is 2.72. The molecule has 10 aliphatic carbocycles. The number of allylic oxidation sites excluding steroid dienone is 4. The third-order valence-corrected chi connectivity index (χ3v) is 32.9. The molecule has 20 atom stereocenters. The molecule has 8 saturated carbocycles. The highest BCUT2D eigenvalue weighted by atomic mass is 79.9. The number of alkyl halides is 2. The molecule has 0 aromatic carbocycles. The second-order valence-electron chi connectivity index (χ2n) is 35.2. The Balaban J connectivity index is 0.000000175. The summed E-state index contributed by atoms with van der Waals surface area (Å²) in [6.45, 7) is 42.7. The molecule has 96 heavy (non-hydrogen) atoms. The minimum Gasteiger partial charge on any atom is -0.481 e. The monoisotopic (exact) mass is 1530 g/mol. The van der Waals surface area contributed by atoms with E-state index in [0.717, 1.165) is 129 Å². The lowest BCUT2D eigenvalue weighted by atomic mass is 9.33. The third kappa shape index (κ3) is 13.9. The second kappa shape index (κ2) is 30.5. The molecule has 13 rings (SSSR count). The fourth-order valence-electron chi connectivity index (χ4n) is 24.3. The maximum Gasteiger partial charge on any atom is 0.313 e. The number of hydrogen-bond acceptors (Lipinski definition) is 12. The summed E-state index contributed by atoms with van der Waals surface area (Å²) in [5, 5.41) is 36.4. The van der Waals surface area contributed by atoms with E-state index in [0.29, 0.717) is 97.5 Å². The Bertz CT molecular complexity index is 2830. The molecule has 0 aromatic rings. The number of carboxylic acid groups (broad SMARTS) is 1. The van der Waals surface area contributed by atoms with Crippen LogP contribution in [0.3, 0.4) is 0 Å². The minimum atomic E-state index is -0.557. The number of carboxylic acids is 1. The Kier molecular flexibility index (Phi) is 24.9. The first-order valence-corrected chi connectivity index (χ1v) is 40.6. The number of nitrogens with zero attached hydrogens (tertiary/aromatic N) is 2. The van der Waals surface area contributed by atoms with E-state index in [1.165, 1.54) is 36.8 Å². The number of carbonyl (C=O) groups is 5. The molecule has 0 unspecified atom stereocenters. The fourth-order valence-corrected chi connectivity index (χ4v) is 24.6. The van der Waals surface area contributed by atoms with E-state index in [1.54, 1.807) is 9.80 Å². The van der Waals surface area contributed by atoms with Crippen LogP contribution < -0.4 is 5.32 Å². The Hall–Kier alpha value is -1.77. The molecule has 13 aliphatic rings. The topological polar surface area (TPSA) is 201 Å². The van der Waals surface area contributed by atoms with Gasteiger partial charge in [-0.15, -0.1) is 0 Å². The first kappa shape index (κ1) is 78.4. The zero-order chi connectivity index (χ0) is 70.4. The van der Waals surface area contributed by atoms with Crippen LogP contribution in [-0.4, -0.2) is 162 Å². The van der Waals surface area contributed by atoms with Crippen molar-refractivity contribution in [3.05, 3.63) is 23.3 Å². The largest absolute Gasteiger partial charge is 0.481 e. The predicted octanol–water partition coefficient (Wildman–Crippen LogP) is 14.6. The number of morpholine rings is 3. The van der Waals surface area contributed by atoms with Crippen molar-refractivity contribution in [2.75, 3.05) is 96.2 Å². The summed E-state index contributed by atoms with van der Waals surface area (Å²) < 4.78 is 21.5. The standard InChI is InChI=1S/C36H57NO5.C30H48O3.C6H10BrNO2.C4H9NO.C2H2Br2O/c1-23-10-15-36(31(40)42-22-29(39)37-18-20-41-21-19-37)17-16-34(6)25(30(36)24(23)2)8-9-27-33(5)13-12-28(38)32(3,4)26(33)11-14-35(27,34)7;1-18-10-15-30(25(32)33)17-16-28(6)20(24(30)19(18)2)8-9-22-27(5)13-12-23(31)26(3,4)21(27)11-14-29(22,28)7;7-5-6(9)8-1-3-10-4-2-8;1-3-6-4-2-5-1;3-1-2(4)5/h8,23-24,26-28,30,38H,9-22H2,1-7H3;8,18-19,21-24,31H,9-17H2,1-7H3,(H,32,33);1-5H2;5H,1-4H2;1H2/t23-,24+,26+,27-,28+,30+,33+,34-,35-,36+;18-,19+,21+,22-,23+,24+,27+,28-,29-,30+;;;/m11.../s1. The number of amides is 2. The van der Waals surface area contributed by atoms with Crippen LogP contribution in [0.25, 0.3) is 0 Å². The van der Waals surface area contributed by atoms with Crippen LogP contribution in [-0.2, 0) is 42.9 Å². The number of esters is 1. The number of aliphatic hydroxyl groups excluding tert-OH is 2. The van der Waals surface area contributed by atoms with Gasteiger partial charge in [0.15, 0.2) is 6.61 Å². The highest BCUT2D eigenvalue weighted by molar-refractivity contribution is 9.19. The molecule has 0 spiro atoms. The smallest absolute Gasteiger partial charge is 0.313 e. The predicted molar refractivity (Wildman–Crippen MR) is 389 cm³/mol. The van der Waals surface area contributed by atoms with Crippen molar-refractivity contribution >= 4 is 76.2 Å². The van der Waals surface area contributed by atoms with E-state index < -0.39 is 16.8 Å². The number of rotatable bonds is 6. The lowest BCUT2D eigenvalue weighted by Gasteiger charge is -2.71. The lowest BCUT2D eigenvalue weighted by Crippen LogP contribution is -2.65. The van der Waals surface area contributed by atoms with Gasteiger partial charge >= 0.3 is 11.9 Å². The normalized spacial score (nSPS) is 43.9. The number of halogens is 3. The van der Waals surface area contributed by atoms with Crippen molar-refractivity contribution in [1.29, 1.82) is 0 Å². The van der Waals surface area contributed by atoms with Crippen LogP contribution in [0.4, 0.5) is 0 Å². The van der Waals surface area contributed by atoms with Crippen molar-refractivity contribution in [2.45, 2.75) is 225 Å². The lowest BCUT2D eigenvalue weighted by molar-refractivity contribution is -0.207. The van der Waals surface area contributed by atoms with Gasteiger partial charge in [-0.1, -0.05) is 152 Å². The number of hydrogen-bond donors (Lipinski definition) is 4. The molecule has 0 bridgehead atoms. The SMILES string of the molecule is C1COCCN1.C[C@H]1[C@H](C)CC[C@]2(C(=O)O)CC[C@]3(C)C(=CC[C@@H]4[C@@]5(C)CC[C@H](O)C(C)(C)[C@@H]5CC[C@]43C)[C@H]12.C[C@H]1[C@H](C)CC[C@]2(C(=O)OCC(=O)N3CCOCC3)CC[C@]3(C)C(=CC[C@@H]4[C@@]5(C)CC[C@H](O)C(C)(C)[C@@H]5CC[C@]43C)[C@H]12.O=C(Br)CBr.O=C(CBr)N1CCOCC1. The van der Waals surface area contributed by atoms with Gasteiger partial charge < -0.3 is 49.4 Å². The molecule has 0 radical (unpaired) electrons. The summed E-state index contributed by atoms with van der Waals surface area (Å²) in [5.41, 5.74) is 2.79. The van der Waals surface area contributed by atoms with E-state index >= 15 is 0 Å². The van der Waals surface area contributed by atoms with Gasteiger partial charge in [0.25, 0.3) is 5.91 Å². The Morgan fingerprint density at radius 1 is 0.521 bits per heavy atom. The van der Waals surface area contributed by atoms with Gasteiger partial charge in [-0.05, 0) is 234 Å². The second-order valence-corrected chi connectivity index (χ2v) is 37.2. The Labute approximate surface area is 603 Å². The van der Waals surface area contributed by atoms with Crippen LogP contribution in [0.1, 0.15) is 213 Å². The number of aliphatic carboxylic acids is 1. The number of carbonyl (C=O) groups excluding carboxylic acids is 4. The molecule has 4 N–H and O–H groups in total. The molecule has 11 fully saturated rings. The van der Waals surface area contributed by atoms with E-state index in [9.17, 15) is 39.3 Å². The maximum absolute atomic E-state index is 14.2. The van der Waals surface area contributed by atoms with Crippen LogP contribution in [0.15, 0.2) is 23.3 Å². The molecular formula is C78H126Br3N3O12. The Morgan fingerprint density at radius 3 is 1.30 bits per heavy atom. The average molecular weight is 1540 g/mol. The van der Waals surface area contributed by atoms with Crippen molar-refractivity contribution in [2.24, 2.45) is 113 Å². The zero-order valence-electron chi connectivity index (χ0n) is 61.5. The number of fused-ring (bicyclic) bond motifs is 14. The highest BCUT2D eigenvalue weighted by Crippen LogP contribution is 2.78. The molecule has 3 saturated heterocycles. The molecule has 15 nitrogen and oxygen atoms in total. The molecule has 2 amide bonds. The van der Waals surface area contributed by atoms with Gasteiger partial charge in [0.05, 0.1) is 73.3 Å². The van der Waals surface area contributed by atoms with Crippen LogP contribution in [0.2, 0.25) is 0 Å². The Morgan fingerprint density at radius 2 is 0.917 bits per heavy atom. The van der Waals surface area contributed by atoms with Crippen molar-refractivity contribution in [3.63, 3.8) is 0 Å². The average Bonchev–Trinajstić information content (AvgIpc) is 0.683. The maximum atomic E-state index is 14.2. The van der Waals surface area contributed by atoms with E-state index in [2.05, 4.69) is 162 Å². The van der Waals surface area contributed by atoms with Crippen LogP contribution in [0.5, 0.6) is 0 Å². The molecule has 0 aromatic heterocycles. The summed E-state index contributed by atoms with van der Waals surface area (Å²) in [4.78, 5) is 64.2. The van der Waals surface area contributed by atoms with Crippen molar-refractivity contribution in [3.8, 4) is 0 Å².